The molecule has 1 heterocycles. The third-order valence-electron chi connectivity index (χ3n) is 1.31. The molecule has 0 fully saturated rings. The van der Waals surface area contributed by atoms with E-state index in [9.17, 15) is 0 Å². The minimum atomic E-state index is 0.00690. The van der Waals surface area contributed by atoms with Gasteiger partial charge in [0.15, 0.2) is 17.2 Å². The second kappa shape index (κ2) is 3.49. The molecule has 0 aliphatic rings. The Balaban J connectivity index is 3.09. The third-order valence-corrected chi connectivity index (χ3v) is 1.31. The Bertz CT molecular complexity index is 319. The lowest BCUT2D eigenvalue weighted by molar-refractivity contribution is 0.349. The van der Waals surface area contributed by atoms with E-state index in [2.05, 4.69) is 0 Å². The van der Waals surface area contributed by atoms with Gasteiger partial charge in [0.1, 0.15) is 6.07 Å². The van der Waals surface area contributed by atoms with Crippen LogP contribution in [0.25, 0.3) is 5.76 Å². The lowest BCUT2D eigenvalue weighted by Gasteiger charge is -2.01. The molecule has 0 saturated carbocycles. The fourth-order valence-corrected chi connectivity index (χ4v) is 0.802. The highest BCUT2D eigenvalue weighted by Crippen LogP contribution is 2.16. The molecular formula is C8H8N2O2. The van der Waals surface area contributed by atoms with E-state index >= 15 is 0 Å². The van der Waals surface area contributed by atoms with Gasteiger partial charge in [0.05, 0.1) is 13.4 Å². The predicted octanol–water partition coefficient (Wildman–Crippen LogP) is 1.08. The monoisotopic (exact) mass is 164 g/mol. The molecule has 0 amide bonds. The smallest absolute Gasteiger partial charge is 0.195 e. The van der Waals surface area contributed by atoms with E-state index in [1.807, 2.05) is 0 Å². The van der Waals surface area contributed by atoms with Crippen molar-refractivity contribution >= 4 is 5.76 Å². The molecule has 0 atom stereocenters. The highest BCUT2D eigenvalue weighted by Gasteiger charge is 2.08. The molecule has 1 rings (SSSR count). The zero-order valence-electron chi connectivity index (χ0n) is 6.57. The largest absolute Gasteiger partial charge is 0.490 e. The molecule has 0 bridgehead atoms. The van der Waals surface area contributed by atoms with Gasteiger partial charge in [-0.1, -0.05) is 0 Å². The van der Waals surface area contributed by atoms with Gasteiger partial charge in [-0.25, -0.2) is 0 Å². The molecule has 0 aliphatic heterocycles. The second-order valence-corrected chi connectivity index (χ2v) is 2.04. The van der Waals surface area contributed by atoms with Gasteiger partial charge in [0.2, 0.25) is 0 Å². The SMILES string of the molecule is CO/C(=C(\N)C#N)c1ccco1. The van der Waals surface area contributed by atoms with Gasteiger partial charge < -0.3 is 14.9 Å². The van der Waals surface area contributed by atoms with Crippen LogP contribution in [0.1, 0.15) is 5.76 Å². The van der Waals surface area contributed by atoms with Crippen molar-refractivity contribution in [1.82, 2.24) is 0 Å². The van der Waals surface area contributed by atoms with E-state index < -0.39 is 0 Å². The van der Waals surface area contributed by atoms with Crippen LogP contribution in [0.5, 0.6) is 0 Å². The van der Waals surface area contributed by atoms with Crippen molar-refractivity contribution in [1.29, 1.82) is 5.26 Å². The molecule has 0 unspecified atom stereocenters. The van der Waals surface area contributed by atoms with Crippen LogP contribution in [-0.4, -0.2) is 7.11 Å². The van der Waals surface area contributed by atoms with Gasteiger partial charge >= 0.3 is 0 Å². The van der Waals surface area contributed by atoms with Gasteiger partial charge in [-0.05, 0) is 12.1 Å². The summed E-state index contributed by atoms with van der Waals surface area (Å²) < 4.78 is 9.88. The maximum absolute atomic E-state index is 8.48. The molecule has 4 heteroatoms. The quantitative estimate of drug-likeness (QED) is 0.524. The normalized spacial score (nSPS) is 11.7. The van der Waals surface area contributed by atoms with Crippen LogP contribution in [0.2, 0.25) is 0 Å². The third kappa shape index (κ3) is 1.40. The molecule has 0 aromatic carbocycles. The molecule has 0 spiro atoms. The van der Waals surface area contributed by atoms with Crippen LogP contribution in [-0.2, 0) is 4.74 Å². The molecular weight excluding hydrogens is 156 g/mol. The van der Waals surface area contributed by atoms with Crippen LogP contribution < -0.4 is 5.73 Å². The average Bonchev–Trinajstić information content (AvgIpc) is 2.58. The first-order chi connectivity index (χ1) is 5.79. The van der Waals surface area contributed by atoms with E-state index in [0.717, 1.165) is 0 Å². The lowest BCUT2D eigenvalue weighted by atomic mass is 10.3. The highest BCUT2D eigenvalue weighted by atomic mass is 16.5. The second-order valence-electron chi connectivity index (χ2n) is 2.04. The number of nitrogens with zero attached hydrogens (tertiary/aromatic N) is 1. The number of allylic oxidation sites excluding steroid dienone is 1. The fraction of sp³-hybridized carbons (Fsp3) is 0.125. The summed E-state index contributed by atoms with van der Waals surface area (Å²) in [6.07, 6.45) is 1.49. The van der Waals surface area contributed by atoms with Crippen LogP contribution >= 0.6 is 0 Å². The van der Waals surface area contributed by atoms with Crippen molar-refractivity contribution in [3.63, 3.8) is 0 Å². The Morgan fingerprint density at radius 2 is 2.50 bits per heavy atom. The van der Waals surface area contributed by atoms with E-state index in [0.29, 0.717) is 5.76 Å². The first-order valence-corrected chi connectivity index (χ1v) is 3.27. The molecule has 0 aliphatic carbocycles. The number of ether oxygens (including phenoxy) is 1. The molecule has 0 radical (unpaired) electrons. The molecule has 2 N–H and O–H groups in total. The summed E-state index contributed by atoms with van der Waals surface area (Å²) in [4.78, 5) is 0. The Hall–Kier alpha value is -1.89. The summed E-state index contributed by atoms with van der Waals surface area (Å²) in [5, 5.41) is 8.48. The summed E-state index contributed by atoms with van der Waals surface area (Å²) in [5.74, 6) is 0.721. The Labute approximate surface area is 69.8 Å². The first-order valence-electron chi connectivity index (χ1n) is 3.27. The summed E-state index contributed by atoms with van der Waals surface area (Å²) in [5.41, 5.74) is 5.36. The minimum Gasteiger partial charge on any atom is -0.490 e. The molecule has 1 aromatic rings. The van der Waals surface area contributed by atoms with E-state index in [1.54, 1.807) is 18.2 Å². The topological polar surface area (TPSA) is 72.2 Å². The first kappa shape index (κ1) is 8.21. The van der Waals surface area contributed by atoms with Gasteiger partial charge in [0.25, 0.3) is 0 Å². The standard InChI is InChI=1S/C8H8N2O2/c1-11-8(6(10)5-9)7-3-2-4-12-7/h2-4H,10H2,1H3/b8-6-. The van der Waals surface area contributed by atoms with Gasteiger partial charge in [0, 0.05) is 0 Å². The van der Waals surface area contributed by atoms with Crippen molar-refractivity contribution in [3.8, 4) is 6.07 Å². The minimum absolute atomic E-state index is 0.00690. The van der Waals surface area contributed by atoms with Crippen molar-refractivity contribution in [2.24, 2.45) is 5.73 Å². The Morgan fingerprint density at radius 3 is 2.92 bits per heavy atom. The zero-order chi connectivity index (χ0) is 8.97. The Kier molecular flexibility index (Phi) is 2.38. The van der Waals surface area contributed by atoms with Crippen molar-refractivity contribution < 1.29 is 9.15 Å². The molecule has 0 saturated heterocycles. The maximum atomic E-state index is 8.48. The zero-order valence-corrected chi connectivity index (χ0v) is 6.57. The van der Waals surface area contributed by atoms with Gasteiger partial charge in [-0.2, -0.15) is 5.26 Å². The number of furan rings is 1. The van der Waals surface area contributed by atoms with Crippen LogP contribution in [0.4, 0.5) is 0 Å². The van der Waals surface area contributed by atoms with Crippen molar-refractivity contribution in [2.45, 2.75) is 0 Å². The predicted molar refractivity (Wildman–Crippen MR) is 42.4 cm³/mol. The summed E-state index contributed by atoms with van der Waals surface area (Å²) in [7, 11) is 1.43. The van der Waals surface area contributed by atoms with Crippen LogP contribution in [0.15, 0.2) is 28.5 Å². The molecule has 4 nitrogen and oxygen atoms in total. The lowest BCUT2D eigenvalue weighted by Crippen LogP contribution is -2.00. The Morgan fingerprint density at radius 1 is 1.75 bits per heavy atom. The number of rotatable bonds is 2. The number of nitrogens with two attached hydrogens (primary N) is 1. The van der Waals surface area contributed by atoms with Gasteiger partial charge in [-0.15, -0.1) is 0 Å². The maximum Gasteiger partial charge on any atom is 0.195 e. The number of hydrogen-bond donors (Lipinski definition) is 1. The van der Waals surface area contributed by atoms with E-state index in [4.69, 9.17) is 20.1 Å². The fourth-order valence-electron chi connectivity index (χ4n) is 0.802. The number of methoxy groups -OCH3 is 1. The number of nitriles is 1. The van der Waals surface area contributed by atoms with Crippen molar-refractivity contribution in [3.05, 3.63) is 29.9 Å². The summed E-state index contributed by atoms with van der Waals surface area (Å²) in [6, 6.07) is 5.14. The highest BCUT2D eigenvalue weighted by molar-refractivity contribution is 5.61. The van der Waals surface area contributed by atoms with E-state index in [1.165, 1.54) is 13.4 Å². The molecule has 12 heavy (non-hydrogen) atoms. The van der Waals surface area contributed by atoms with Gasteiger partial charge in [-0.3, -0.25) is 0 Å². The van der Waals surface area contributed by atoms with E-state index in [-0.39, 0.29) is 11.5 Å². The molecule has 1 aromatic heterocycles. The molecule has 62 valence electrons. The average molecular weight is 164 g/mol. The summed E-state index contributed by atoms with van der Waals surface area (Å²) in [6.45, 7) is 0. The van der Waals surface area contributed by atoms with Crippen LogP contribution in [0.3, 0.4) is 0 Å². The number of hydrogen-bond acceptors (Lipinski definition) is 4. The van der Waals surface area contributed by atoms with Crippen LogP contribution in [0, 0.1) is 11.3 Å². The van der Waals surface area contributed by atoms with Crippen molar-refractivity contribution in [2.75, 3.05) is 7.11 Å². The summed E-state index contributed by atoms with van der Waals surface area (Å²) >= 11 is 0.